The third-order valence-electron chi connectivity index (χ3n) is 3.07. The number of benzene rings is 1. The van der Waals surface area contributed by atoms with Crippen molar-refractivity contribution in [2.24, 2.45) is 0 Å². The molecule has 82 valence electrons. The monoisotopic (exact) mass is 230 g/mol. The second-order valence-corrected chi connectivity index (χ2v) is 4.83. The summed E-state index contributed by atoms with van der Waals surface area (Å²) in [5.41, 5.74) is 5.52. The van der Waals surface area contributed by atoms with Gasteiger partial charge in [0.25, 0.3) is 0 Å². The molecule has 0 atom stereocenters. The first-order valence-corrected chi connectivity index (χ1v) is 6.61. The minimum atomic E-state index is 1.08. The Labute approximate surface area is 99.6 Å². The fourth-order valence-electron chi connectivity index (χ4n) is 2.17. The van der Waals surface area contributed by atoms with Crippen LogP contribution in [0.5, 0.6) is 0 Å². The zero-order chi connectivity index (χ0) is 10.8. The highest BCUT2D eigenvalue weighted by atomic mass is 32.1. The van der Waals surface area contributed by atoms with Crippen LogP contribution in [0.2, 0.25) is 0 Å². The Balaban J connectivity index is 1.84. The molecule has 1 aliphatic heterocycles. The number of rotatable bonds is 2. The van der Waals surface area contributed by atoms with Crippen molar-refractivity contribution in [2.75, 3.05) is 18.0 Å². The lowest BCUT2D eigenvalue weighted by molar-refractivity contribution is 0.949. The van der Waals surface area contributed by atoms with Gasteiger partial charge in [0.2, 0.25) is 0 Å². The summed E-state index contributed by atoms with van der Waals surface area (Å²) in [6.45, 7) is 2.41. The predicted molar refractivity (Wildman–Crippen MR) is 69.0 cm³/mol. The van der Waals surface area contributed by atoms with Gasteiger partial charge < -0.3 is 4.90 Å². The first-order chi connectivity index (χ1) is 7.93. The molecule has 2 aromatic rings. The van der Waals surface area contributed by atoms with Gasteiger partial charge in [-0.05, 0) is 25.0 Å². The van der Waals surface area contributed by atoms with E-state index in [1.807, 2.05) is 5.51 Å². The maximum Gasteiger partial charge on any atom is 0.0811 e. The van der Waals surface area contributed by atoms with Crippen LogP contribution in [0.1, 0.15) is 12.8 Å². The molecule has 0 aliphatic carbocycles. The topological polar surface area (TPSA) is 16.1 Å². The molecular weight excluding hydrogens is 216 g/mol. The fourth-order valence-corrected chi connectivity index (χ4v) is 2.73. The average Bonchev–Trinajstić information content (AvgIpc) is 3.03. The summed E-state index contributed by atoms with van der Waals surface area (Å²) in [5.74, 6) is 0. The van der Waals surface area contributed by atoms with Gasteiger partial charge in [-0.25, -0.2) is 4.98 Å². The van der Waals surface area contributed by atoms with Crippen LogP contribution in [0, 0.1) is 0 Å². The van der Waals surface area contributed by atoms with Crippen LogP contribution in [-0.4, -0.2) is 18.1 Å². The number of aromatic nitrogens is 1. The summed E-state index contributed by atoms with van der Waals surface area (Å²) in [4.78, 5) is 6.77. The molecule has 1 aromatic heterocycles. The zero-order valence-corrected chi connectivity index (χ0v) is 9.91. The average molecular weight is 230 g/mol. The molecule has 1 aliphatic rings. The lowest BCUT2D eigenvalue weighted by Crippen LogP contribution is -2.17. The van der Waals surface area contributed by atoms with E-state index in [9.17, 15) is 0 Å². The van der Waals surface area contributed by atoms with Crippen molar-refractivity contribution in [2.45, 2.75) is 12.8 Å². The van der Waals surface area contributed by atoms with Gasteiger partial charge in [-0.2, -0.15) is 0 Å². The lowest BCUT2D eigenvalue weighted by Gasteiger charge is -2.17. The predicted octanol–water partition coefficient (Wildman–Crippen LogP) is 3.41. The Bertz CT molecular complexity index is 441. The molecule has 1 saturated heterocycles. The molecule has 3 heteroatoms. The zero-order valence-electron chi connectivity index (χ0n) is 9.10. The van der Waals surface area contributed by atoms with Crippen molar-refractivity contribution in [3.63, 3.8) is 0 Å². The molecule has 0 radical (unpaired) electrons. The molecule has 0 bridgehead atoms. The van der Waals surface area contributed by atoms with Gasteiger partial charge in [0, 0.05) is 29.7 Å². The van der Waals surface area contributed by atoms with E-state index in [2.05, 4.69) is 39.5 Å². The first-order valence-electron chi connectivity index (χ1n) is 5.67. The van der Waals surface area contributed by atoms with Gasteiger partial charge in [0.1, 0.15) is 0 Å². The van der Waals surface area contributed by atoms with E-state index >= 15 is 0 Å². The Hall–Kier alpha value is -1.35. The molecule has 2 heterocycles. The van der Waals surface area contributed by atoms with E-state index in [1.54, 1.807) is 11.3 Å². The van der Waals surface area contributed by atoms with E-state index < -0.39 is 0 Å². The maximum atomic E-state index is 4.32. The molecule has 16 heavy (non-hydrogen) atoms. The van der Waals surface area contributed by atoms with Gasteiger partial charge in [0.15, 0.2) is 0 Å². The molecule has 1 aromatic carbocycles. The molecule has 1 fully saturated rings. The standard InChI is InChI=1S/C13H14N2S/c1-2-8-15(7-1)12-5-3-11(4-6-12)13-9-16-10-14-13/h3-6,9-10H,1-2,7-8H2. The highest BCUT2D eigenvalue weighted by Gasteiger charge is 2.11. The molecular formula is C13H14N2S. The highest BCUT2D eigenvalue weighted by molar-refractivity contribution is 7.07. The summed E-state index contributed by atoms with van der Waals surface area (Å²) < 4.78 is 0. The molecule has 0 N–H and O–H groups in total. The second-order valence-electron chi connectivity index (χ2n) is 4.11. The normalized spacial score (nSPS) is 15.6. The Kier molecular flexibility index (Phi) is 2.62. The van der Waals surface area contributed by atoms with Crippen LogP contribution in [0.3, 0.4) is 0 Å². The van der Waals surface area contributed by atoms with Crippen LogP contribution in [0.25, 0.3) is 11.3 Å². The largest absolute Gasteiger partial charge is 0.372 e. The summed E-state index contributed by atoms with van der Waals surface area (Å²) in [6.07, 6.45) is 2.65. The molecule has 2 nitrogen and oxygen atoms in total. The lowest BCUT2D eigenvalue weighted by atomic mass is 10.1. The van der Waals surface area contributed by atoms with Crippen LogP contribution < -0.4 is 4.90 Å². The summed E-state index contributed by atoms with van der Waals surface area (Å²) in [7, 11) is 0. The van der Waals surface area contributed by atoms with Crippen molar-refractivity contribution in [1.82, 2.24) is 4.98 Å². The molecule has 3 rings (SSSR count). The Morgan fingerprint density at radius 1 is 1.06 bits per heavy atom. The molecule has 0 saturated carbocycles. The molecule has 0 unspecified atom stereocenters. The second kappa shape index (κ2) is 4.26. The Morgan fingerprint density at radius 3 is 2.44 bits per heavy atom. The van der Waals surface area contributed by atoms with Gasteiger partial charge in [-0.15, -0.1) is 11.3 Å². The number of thiazole rings is 1. The van der Waals surface area contributed by atoms with E-state index in [-0.39, 0.29) is 0 Å². The summed E-state index contributed by atoms with van der Waals surface area (Å²) in [5, 5.41) is 2.09. The Morgan fingerprint density at radius 2 is 1.81 bits per heavy atom. The van der Waals surface area contributed by atoms with Crippen molar-refractivity contribution in [3.05, 3.63) is 35.2 Å². The van der Waals surface area contributed by atoms with E-state index in [1.165, 1.54) is 37.2 Å². The van der Waals surface area contributed by atoms with Gasteiger partial charge in [0.05, 0.1) is 11.2 Å². The minimum absolute atomic E-state index is 1.08. The summed E-state index contributed by atoms with van der Waals surface area (Å²) >= 11 is 1.64. The maximum absolute atomic E-state index is 4.32. The fraction of sp³-hybridized carbons (Fsp3) is 0.308. The smallest absolute Gasteiger partial charge is 0.0811 e. The molecule has 0 amide bonds. The number of nitrogens with zero attached hydrogens (tertiary/aromatic N) is 2. The number of hydrogen-bond acceptors (Lipinski definition) is 3. The number of hydrogen-bond donors (Lipinski definition) is 0. The quantitative estimate of drug-likeness (QED) is 0.786. The number of anilines is 1. The first kappa shape index (κ1) is 9.85. The van der Waals surface area contributed by atoms with Crippen molar-refractivity contribution < 1.29 is 0 Å². The van der Waals surface area contributed by atoms with Crippen molar-refractivity contribution in [3.8, 4) is 11.3 Å². The van der Waals surface area contributed by atoms with E-state index in [0.29, 0.717) is 0 Å². The SMILES string of the molecule is c1nc(-c2ccc(N3CCCC3)cc2)cs1. The third-order valence-corrected chi connectivity index (χ3v) is 3.65. The van der Waals surface area contributed by atoms with Crippen molar-refractivity contribution in [1.29, 1.82) is 0 Å². The van der Waals surface area contributed by atoms with E-state index in [0.717, 1.165) is 5.69 Å². The van der Waals surface area contributed by atoms with Crippen LogP contribution in [-0.2, 0) is 0 Å². The van der Waals surface area contributed by atoms with Gasteiger partial charge in [-0.1, -0.05) is 12.1 Å². The van der Waals surface area contributed by atoms with Crippen LogP contribution in [0.4, 0.5) is 5.69 Å². The van der Waals surface area contributed by atoms with Crippen LogP contribution in [0.15, 0.2) is 35.2 Å². The van der Waals surface area contributed by atoms with Crippen LogP contribution >= 0.6 is 11.3 Å². The van der Waals surface area contributed by atoms with Gasteiger partial charge >= 0.3 is 0 Å². The molecule has 0 spiro atoms. The minimum Gasteiger partial charge on any atom is -0.372 e. The van der Waals surface area contributed by atoms with Gasteiger partial charge in [-0.3, -0.25) is 0 Å². The third kappa shape index (κ3) is 1.83. The highest BCUT2D eigenvalue weighted by Crippen LogP contribution is 2.24. The van der Waals surface area contributed by atoms with Crippen molar-refractivity contribution >= 4 is 17.0 Å². The summed E-state index contributed by atoms with van der Waals surface area (Å²) in [6, 6.07) is 8.76. The van der Waals surface area contributed by atoms with E-state index in [4.69, 9.17) is 0 Å².